The van der Waals surface area contributed by atoms with Gasteiger partial charge in [0.25, 0.3) is 5.91 Å². The smallest absolute Gasteiger partial charge is 0.258 e. The summed E-state index contributed by atoms with van der Waals surface area (Å²) in [4.78, 5) is 12.0. The van der Waals surface area contributed by atoms with Crippen LogP contribution in [0.25, 0.3) is 0 Å². The minimum atomic E-state index is -0.295. The molecule has 1 atom stereocenters. The van der Waals surface area contributed by atoms with E-state index in [2.05, 4.69) is 21.2 Å². The molecule has 122 valence electrons. The minimum Gasteiger partial charge on any atom is -0.484 e. The van der Waals surface area contributed by atoms with Gasteiger partial charge >= 0.3 is 0 Å². The molecule has 1 N–H and O–H groups in total. The summed E-state index contributed by atoms with van der Waals surface area (Å²) in [5, 5.41) is 2.83. The van der Waals surface area contributed by atoms with Gasteiger partial charge in [-0.3, -0.25) is 4.79 Å². The second-order valence-corrected chi connectivity index (χ2v) is 6.29. The van der Waals surface area contributed by atoms with E-state index in [9.17, 15) is 9.18 Å². The van der Waals surface area contributed by atoms with E-state index in [1.807, 2.05) is 32.9 Å². The van der Waals surface area contributed by atoms with Crippen molar-refractivity contribution in [3.05, 3.63) is 63.4 Å². The standard InChI is InChI=1S/C18H19BrFNO2/c1-11-8-16(9-12(2)18(11)19)23-10-17(22)21-13(3)14-4-6-15(20)7-5-14/h4-9,13H,10H2,1-3H3,(H,21,22). The van der Waals surface area contributed by atoms with Gasteiger partial charge in [0.1, 0.15) is 11.6 Å². The predicted octanol–water partition coefficient (Wildman–Crippen LogP) is 4.46. The maximum absolute atomic E-state index is 12.9. The number of hydrogen-bond donors (Lipinski definition) is 1. The summed E-state index contributed by atoms with van der Waals surface area (Å²) in [5.41, 5.74) is 2.95. The third-order valence-corrected chi connectivity index (χ3v) is 4.78. The lowest BCUT2D eigenvalue weighted by Crippen LogP contribution is -2.31. The zero-order valence-electron chi connectivity index (χ0n) is 13.3. The van der Waals surface area contributed by atoms with E-state index >= 15 is 0 Å². The summed E-state index contributed by atoms with van der Waals surface area (Å²) in [5.74, 6) is 0.143. The Morgan fingerprint density at radius 3 is 2.35 bits per heavy atom. The third-order valence-electron chi connectivity index (χ3n) is 3.53. The number of carbonyl (C=O) groups is 1. The molecule has 0 aliphatic heterocycles. The maximum atomic E-state index is 12.9. The van der Waals surface area contributed by atoms with Gasteiger partial charge in [0.15, 0.2) is 6.61 Å². The average molecular weight is 380 g/mol. The van der Waals surface area contributed by atoms with Crippen molar-refractivity contribution in [2.75, 3.05) is 6.61 Å². The Morgan fingerprint density at radius 1 is 1.22 bits per heavy atom. The number of ether oxygens (including phenoxy) is 1. The Hall–Kier alpha value is -1.88. The van der Waals surface area contributed by atoms with E-state index in [4.69, 9.17) is 4.74 Å². The number of hydrogen-bond acceptors (Lipinski definition) is 2. The summed E-state index contributed by atoms with van der Waals surface area (Å²) in [6.45, 7) is 5.73. The van der Waals surface area contributed by atoms with Crippen molar-refractivity contribution in [1.82, 2.24) is 5.32 Å². The number of carbonyl (C=O) groups excluding carboxylic acids is 1. The van der Waals surface area contributed by atoms with Gasteiger partial charge in [0.2, 0.25) is 0 Å². The lowest BCUT2D eigenvalue weighted by molar-refractivity contribution is -0.123. The normalized spacial score (nSPS) is 11.9. The van der Waals surface area contributed by atoms with Crippen LogP contribution < -0.4 is 10.1 Å². The average Bonchev–Trinajstić information content (AvgIpc) is 2.51. The van der Waals surface area contributed by atoms with Gasteiger partial charge in [-0.2, -0.15) is 0 Å². The van der Waals surface area contributed by atoms with Crippen molar-refractivity contribution >= 4 is 21.8 Å². The molecule has 5 heteroatoms. The molecule has 23 heavy (non-hydrogen) atoms. The first-order chi connectivity index (χ1) is 10.9. The van der Waals surface area contributed by atoms with Crippen LogP contribution in [0.4, 0.5) is 4.39 Å². The molecule has 0 heterocycles. The number of rotatable bonds is 5. The summed E-state index contributed by atoms with van der Waals surface area (Å²) in [7, 11) is 0. The molecule has 2 aromatic carbocycles. The molecule has 1 unspecified atom stereocenters. The van der Waals surface area contributed by atoms with Crippen LogP contribution >= 0.6 is 15.9 Å². The number of nitrogens with one attached hydrogen (secondary N) is 1. The maximum Gasteiger partial charge on any atom is 0.258 e. The van der Waals surface area contributed by atoms with E-state index in [1.165, 1.54) is 12.1 Å². The number of halogens is 2. The number of amides is 1. The largest absolute Gasteiger partial charge is 0.484 e. The predicted molar refractivity (Wildman–Crippen MR) is 92.1 cm³/mol. The zero-order valence-corrected chi connectivity index (χ0v) is 14.9. The van der Waals surface area contributed by atoms with Gasteiger partial charge < -0.3 is 10.1 Å². The molecular weight excluding hydrogens is 361 g/mol. The quantitative estimate of drug-likeness (QED) is 0.832. The third kappa shape index (κ3) is 4.79. The zero-order chi connectivity index (χ0) is 17.0. The molecule has 2 rings (SSSR count). The van der Waals surface area contributed by atoms with Gasteiger partial charge in [0, 0.05) is 4.47 Å². The molecule has 0 aromatic heterocycles. The molecule has 0 aliphatic rings. The van der Waals surface area contributed by atoms with E-state index in [0.717, 1.165) is 21.2 Å². The summed E-state index contributed by atoms with van der Waals surface area (Å²) >= 11 is 3.50. The topological polar surface area (TPSA) is 38.3 Å². The van der Waals surface area contributed by atoms with Crippen LogP contribution in [0.1, 0.15) is 29.7 Å². The highest BCUT2D eigenvalue weighted by molar-refractivity contribution is 9.10. The number of benzene rings is 2. The van der Waals surface area contributed by atoms with Crippen LogP contribution in [0.5, 0.6) is 5.75 Å². The molecule has 0 aliphatic carbocycles. The van der Waals surface area contributed by atoms with Crippen molar-refractivity contribution in [2.24, 2.45) is 0 Å². The van der Waals surface area contributed by atoms with Crippen molar-refractivity contribution in [3.8, 4) is 5.75 Å². The van der Waals surface area contributed by atoms with Crippen LogP contribution in [0.3, 0.4) is 0 Å². The minimum absolute atomic E-state index is 0.0634. The van der Waals surface area contributed by atoms with E-state index in [0.29, 0.717) is 5.75 Å². The SMILES string of the molecule is Cc1cc(OCC(=O)NC(C)c2ccc(F)cc2)cc(C)c1Br. The van der Waals surface area contributed by atoms with Crippen LogP contribution in [0.15, 0.2) is 40.9 Å². The van der Waals surface area contributed by atoms with Gasteiger partial charge in [-0.25, -0.2) is 4.39 Å². The molecular formula is C18H19BrFNO2. The molecule has 0 fully saturated rings. The highest BCUT2D eigenvalue weighted by Gasteiger charge is 2.11. The molecule has 0 saturated heterocycles. The molecule has 0 saturated carbocycles. The van der Waals surface area contributed by atoms with Crippen molar-refractivity contribution in [3.63, 3.8) is 0 Å². The lowest BCUT2D eigenvalue weighted by Gasteiger charge is -2.15. The Kier molecular flexibility index (Phi) is 5.77. The Balaban J connectivity index is 1.91. The number of aryl methyl sites for hydroxylation is 2. The van der Waals surface area contributed by atoms with Gasteiger partial charge in [-0.15, -0.1) is 0 Å². The summed E-state index contributed by atoms with van der Waals surface area (Å²) in [6, 6.07) is 9.62. The van der Waals surface area contributed by atoms with Gasteiger partial charge in [0.05, 0.1) is 6.04 Å². The second-order valence-electron chi connectivity index (χ2n) is 5.50. The van der Waals surface area contributed by atoms with Crippen molar-refractivity contribution < 1.29 is 13.9 Å². The van der Waals surface area contributed by atoms with Gasteiger partial charge in [-0.05, 0) is 61.7 Å². The lowest BCUT2D eigenvalue weighted by atomic mass is 10.1. The highest BCUT2D eigenvalue weighted by atomic mass is 79.9. The van der Waals surface area contributed by atoms with Gasteiger partial charge in [-0.1, -0.05) is 28.1 Å². The molecule has 0 bridgehead atoms. The highest BCUT2D eigenvalue weighted by Crippen LogP contribution is 2.26. The molecule has 2 aromatic rings. The Bertz CT molecular complexity index is 678. The summed E-state index contributed by atoms with van der Waals surface area (Å²) in [6.07, 6.45) is 0. The molecule has 0 radical (unpaired) electrons. The first-order valence-corrected chi connectivity index (χ1v) is 8.10. The first-order valence-electron chi connectivity index (χ1n) is 7.31. The Morgan fingerprint density at radius 2 is 1.78 bits per heavy atom. The molecule has 3 nitrogen and oxygen atoms in total. The van der Waals surface area contributed by atoms with Crippen LogP contribution in [-0.4, -0.2) is 12.5 Å². The second kappa shape index (κ2) is 7.59. The van der Waals surface area contributed by atoms with E-state index < -0.39 is 0 Å². The van der Waals surface area contributed by atoms with E-state index in [1.54, 1.807) is 12.1 Å². The summed E-state index contributed by atoms with van der Waals surface area (Å²) < 4.78 is 19.5. The first kappa shape index (κ1) is 17.5. The van der Waals surface area contributed by atoms with E-state index in [-0.39, 0.29) is 24.4 Å². The Labute approximate surface area is 144 Å². The fourth-order valence-corrected chi connectivity index (χ4v) is 2.49. The van der Waals surface area contributed by atoms with Crippen molar-refractivity contribution in [2.45, 2.75) is 26.8 Å². The van der Waals surface area contributed by atoms with Crippen LogP contribution in [0, 0.1) is 19.7 Å². The van der Waals surface area contributed by atoms with Crippen LogP contribution in [0.2, 0.25) is 0 Å². The monoisotopic (exact) mass is 379 g/mol. The fourth-order valence-electron chi connectivity index (χ4n) is 2.26. The molecule has 0 spiro atoms. The molecule has 1 amide bonds. The van der Waals surface area contributed by atoms with Crippen LogP contribution in [-0.2, 0) is 4.79 Å². The van der Waals surface area contributed by atoms with Crippen molar-refractivity contribution in [1.29, 1.82) is 0 Å². The fraction of sp³-hybridized carbons (Fsp3) is 0.278.